The van der Waals surface area contributed by atoms with Crippen molar-refractivity contribution in [2.45, 2.75) is 24.8 Å². The van der Waals surface area contributed by atoms with Crippen LogP contribution in [0.1, 0.15) is 35.2 Å². The molecule has 1 aliphatic carbocycles. The first-order chi connectivity index (χ1) is 14.1. The van der Waals surface area contributed by atoms with Crippen LogP contribution in [0.4, 0.5) is 15.8 Å². The summed E-state index contributed by atoms with van der Waals surface area (Å²) >= 11 is 4.98. The van der Waals surface area contributed by atoms with E-state index in [9.17, 15) is 9.18 Å². The highest BCUT2D eigenvalue weighted by molar-refractivity contribution is 9.10. The van der Waals surface area contributed by atoms with E-state index in [0.717, 1.165) is 34.6 Å². The van der Waals surface area contributed by atoms with Gasteiger partial charge >= 0.3 is 0 Å². The predicted octanol–water partition coefficient (Wildman–Crippen LogP) is 6.63. The maximum Gasteiger partial charge on any atom is 0.163 e. The van der Waals surface area contributed by atoms with Gasteiger partial charge in [0.2, 0.25) is 0 Å². The molecule has 1 aromatic heterocycles. The molecule has 0 amide bonds. The molecule has 3 aromatic rings. The Morgan fingerprint density at radius 2 is 1.86 bits per heavy atom. The Bertz CT molecular complexity index is 1130. The van der Waals surface area contributed by atoms with Crippen molar-refractivity contribution in [2.24, 2.45) is 0 Å². The summed E-state index contributed by atoms with van der Waals surface area (Å²) in [6, 6.07) is 16.7. The van der Waals surface area contributed by atoms with Gasteiger partial charge in [0.25, 0.3) is 0 Å². The van der Waals surface area contributed by atoms with Crippen molar-refractivity contribution in [1.82, 2.24) is 0 Å². The summed E-state index contributed by atoms with van der Waals surface area (Å²) in [5.74, 6) is -0.00894. The lowest BCUT2D eigenvalue weighted by Crippen LogP contribution is -2.26. The highest BCUT2D eigenvalue weighted by atomic mass is 79.9. The Balaban J connectivity index is 1.64. The largest absolute Gasteiger partial charge is 0.372 e. The van der Waals surface area contributed by atoms with Gasteiger partial charge in [-0.2, -0.15) is 0 Å². The molecule has 146 valence electrons. The summed E-state index contributed by atoms with van der Waals surface area (Å²) in [6.45, 7) is 0. The van der Waals surface area contributed by atoms with Crippen molar-refractivity contribution < 1.29 is 9.18 Å². The fourth-order valence-corrected chi connectivity index (χ4v) is 5.39. The zero-order valence-electron chi connectivity index (χ0n) is 15.4. The summed E-state index contributed by atoms with van der Waals surface area (Å²) in [6.07, 6.45) is 1.26. The van der Waals surface area contributed by atoms with E-state index in [4.69, 9.17) is 0 Å². The summed E-state index contributed by atoms with van der Waals surface area (Å²) in [5.41, 5.74) is 4.42. The first-order valence-corrected chi connectivity index (χ1v) is 11.1. The van der Waals surface area contributed by atoms with Crippen molar-refractivity contribution >= 4 is 44.4 Å². The average Bonchev–Trinajstić information content (AvgIpc) is 3.19. The van der Waals surface area contributed by atoms with Gasteiger partial charge in [0.15, 0.2) is 5.78 Å². The first kappa shape index (κ1) is 18.6. The van der Waals surface area contributed by atoms with Gasteiger partial charge in [-0.05, 0) is 63.6 Å². The fraction of sp³-hybridized carbons (Fsp3) is 0.174. The van der Waals surface area contributed by atoms with Gasteiger partial charge in [-0.25, -0.2) is 4.39 Å². The van der Waals surface area contributed by atoms with Gasteiger partial charge in [0.05, 0.1) is 21.9 Å². The van der Waals surface area contributed by atoms with Crippen molar-refractivity contribution in [3.05, 3.63) is 92.0 Å². The van der Waals surface area contributed by atoms with E-state index in [0.29, 0.717) is 10.9 Å². The smallest absolute Gasteiger partial charge is 0.163 e. The lowest BCUT2D eigenvalue weighted by Gasteiger charge is -2.29. The lowest BCUT2D eigenvalue weighted by molar-refractivity contribution is -0.116. The number of carbonyl (C=O) groups is 1. The van der Waals surface area contributed by atoms with E-state index >= 15 is 0 Å². The van der Waals surface area contributed by atoms with E-state index in [2.05, 4.69) is 38.0 Å². The molecule has 3 nitrogen and oxygen atoms in total. The molecule has 0 saturated heterocycles. The van der Waals surface area contributed by atoms with Crippen LogP contribution < -0.4 is 10.6 Å². The maximum atomic E-state index is 13.8. The van der Waals surface area contributed by atoms with Crippen molar-refractivity contribution in [3.63, 3.8) is 0 Å². The van der Waals surface area contributed by atoms with Crippen LogP contribution in [0.25, 0.3) is 0 Å². The van der Waals surface area contributed by atoms with Crippen molar-refractivity contribution in [2.75, 3.05) is 10.6 Å². The molecule has 2 heterocycles. The van der Waals surface area contributed by atoms with Gasteiger partial charge < -0.3 is 10.6 Å². The van der Waals surface area contributed by atoms with Crippen LogP contribution >= 0.6 is 27.3 Å². The number of benzene rings is 2. The minimum atomic E-state index is -0.338. The molecule has 2 aromatic carbocycles. The lowest BCUT2D eigenvalue weighted by atomic mass is 9.81. The van der Waals surface area contributed by atoms with E-state index in [1.54, 1.807) is 23.5 Å². The molecule has 6 heteroatoms. The number of ketones is 1. The zero-order chi connectivity index (χ0) is 20.0. The van der Waals surface area contributed by atoms with Crippen LogP contribution in [0, 0.1) is 5.82 Å². The van der Waals surface area contributed by atoms with E-state index in [1.165, 1.54) is 10.9 Å². The molecular formula is C23H18BrFN2OS. The highest BCUT2D eigenvalue weighted by Crippen LogP contribution is 2.45. The average molecular weight is 469 g/mol. The van der Waals surface area contributed by atoms with E-state index < -0.39 is 0 Å². The molecule has 0 bridgehead atoms. The van der Waals surface area contributed by atoms with E-state index in [1.807, 2.05) is 30.3 Å². The number of carbonyl (C=O) groups excluding carboxylic acids is 1. The number of hydrogen-bond donors (Lipinski definition) is 2. The number of para-hydroxylation sites is 2. The quantitative estimate of drug-likeness (QED) is 0.443. The molecule has 2 atom stereocenters. The topological polar surface area (TPSA) is 41.1 Å². The summed E-state index contributed by atoms with van der Waals surface area (Å²) in [4.78, 5) is 14.6. The number of thiophene rings is 1. The molecule has 2 aliphatic rings. The van der Waals surface area contributed by atoms with Gasteiger partial charge in [0.1, 0.15) is 5.82 Å². The SMILES string of the molecule is O=C1CC(c2cccs2)CC2=C1C(c1ccc(F)c(Br)c1)Nc1ccccc1N2. The molecule has 0 saturated carbocycles. The van der Waals surface area contributed by atoms with Gasteiger partial charge in [0, 0.05) is 28.5 Å². The molecule has 0 radical (unpaired) electrons. The van der Waals surface area contributed by atoms with Crippen LogP contribution in [0.5, 0.6) is 0 Å². The highest BCUT2D eigenvalue weighted by Gasteiger charge is 2.36. The monoisotopic (exact) mass is 468 g/mol. The number of rotatable bonds is 2. The molecule has 29 heavy (non-hydrogen) atoms. The van der Waals surface area contributed by atoms with Crippen LogP contribution in [-0.4, -0.2) is 5.78 Å². The maximum absolute atomic E-state index is 13.8. The second-order valence-corrected chi connectivity index (χ2v) is 9.19. The summed E-state index contributed by atoms with van der Waals surface area (Å²) in [5, 5.41) is 9.10. The van der Waals surface area contributed by atoms with Crippen molar-refractivity contribution in [3.8, 4) is 0 Å². The fourth-order valence-electron chi connectivity index (χ4n) is 4.16. The van der Waals surface area contributed by atoms with Gasteiger partial charge in [-0.3, -0.25) is 4.79 Å². The third-order valence-electron chi connectivity index (χ3n) is 5.53. The molecule has 5 rings (SSSR count). The molecule has 0 spiro atoms. The Hall–Kier alpha value is -2.44. The number of anilines is 2. The standard InChI is InChI=1S/C23H18BrFN2OS/c24-15-10-13(7-8-16(15)25)23-22-19(26-17-4-1-2-5-18(17)27-23)11-14(12-20(22)28)21-6-3-9-29-21/h1-10,14,23,26-27H,11-12H2. The number of fused-ring (bicyclic) bond motifs is 1. The van der Waals surface area contributed by atoms with Crippen molar-refractivity contribution in [1.29, 1.82) is 0 Å². The predicted molar refractivity (Wildman–Crippen MR) is 119 cm³/mol. The molecule has 1 aliphatic heterocycles. The van der Waals surface area contributed by atoms with Crippen LogP contribution in [0.2, 0.25) is 0 Å². The third kappa shape index (κ3) is 3.40. The van der Waals surface area contributed by atoms with Gasteiger partial charge in [-0.1, -0.05) is 24.3 Å². The Labute approximate surface area is 180 Å². The number of nitrogens with one attached hydrogen (secondary N) is 2. The minimum Gasteiger partial charge on any atom is -0.372 e. The number of halogens is 2. The second kappa shape index (κ2) is 7.43. The molecule has 2 unspecified atom stereocenters. The Morgan fingerprint density at radius 1 is 1.03 bits per heavy atom. The summed E-state index contributed by atoms with van der Waals surface area (Å²) in [7, 11) is 0. The zero-order valence-corrected chi connectivity index (χ0v) is 17.8. The normalized spacial score (nSPS) is 21.0. The number of hydrogen-bond acceptors (Lipinski definition) is 4. The van der Waals surface area contributed by atoms with Gasteiger partial charge in [-0.15, -0.1) is 11.3 Å². The third-order valence-corrected chi connectivity index (χ3v) is 7.17. The van der Waals surface area contributed by atoms with Crippen LogP contribution in [-0.2, 0) is 4.79 Å². The van der Waals surface area contributed by atoms with E-state index in [-0.39, 0.29) is 23.6 Å². The molecule has 0 fully saturated rings. The molecular weight excluding hydrogens is 451 g/mol. The summed E-state index contributed by atoms with van der Waals surface area (Å²) < 4.78 is 14.2. The Morgan fingerprint density at radius 3 is 2.62 bits per heavy atom. The van der Waals surface area contributed by atoms with Crippen LogP contribution in [0.15, 0.2) is 75.7 Å². The second-order valence-electron chi connectivity index (χ2n) is 7.36. The minimum absolute atomic E-state index is 0.128. The Kier molecular flexibility index (Phi) is 4.76. The molecule has 2 N–H and O–H groups in total. The number of Topliss-reactive ketones (excluding diaryl/α,β-unsaturated/α-hetero) is 1. The number of allylic oxidation sites excluding steroid dienone is 1. The first-order valence-electron chi connectivity index (χ1n) is 9.47. The van der Waals surface area contributed by atoms with Crippen LogP contribution in [0.3, 0.4) is 0 Å².